The minimum absolute atomic E-state index is 0.127. The van der Waals surface area contributed by atoms with Crippen molar-refractivity contribution in [3.8, 4) is 0 Å². The van der Waals surface area contributed by atoms with Gasteiger partial charge in [0.2, 0.25) is 0 Å². The smallest absolute Gasteiger partial charge is 0.180 e. The zero-order chi connectivity index (χ0) is 13.1. The lowest BCUT2D eigenvalue weighted by Gasteiger charge is -2.23. The number of halogens is 1. The number of alkyl halides is 1. The van der Waals surface area contributed by atoms with Crippen LogP contribution in [0.25, 0.3) is 0 Å². The third-order valence-corrected chi connectivity index (χ3v) is 4.58. The molecule has 3 nitrogen and oxygen atoms in total. The first-order chi connectivity index (χ1) is 7.88. The minimum Gasteiger partial charge on any atom is -0.372 e. The highest BCUT2D eigenvalue weighted by Gasteiger charge is 2.18. The molecule has 17 heavy (non-hydrogen) atoms. The van der Waals surface area contributed by atoms with Crippen LogP contribution in [0.1, 0.15) is 13.8 Å². The van der Waals surface area contributed by atoms with E-state index in [1.807, 2.05) is 31.0 Å². The highest BCUT2D eigenvalue weighted by molar-refractivity contribution is 9.09. The molecule has 1 atom stereocenters. The van der Waals surface area contributed by atoms with Crippen molar-refractivity contribution in [2.24, 2.45) is 0 Å². The molecule has 0 radical (unpaired) electrons. The standard InChI is InChI=1S/C12H18BrNO2S/c1-4-17(15,16)12-8-6-5-7-11(12)14(3)9-10(2)13/h5-8,10H,4,9H2,1-3H3. The molecule has 0 heterocycles. The van der Waals surface area contributed by atoms with E-state index in [0.29, 0.717) is 9.72 Å². The second-order valence-corrected chi connectivity index (χ2v) is 7.84. The van der Waals surface area contributed by atoms with Gasteiger partial charge in [-0.05, 0) is 12.1 Å². The van der Waals surface area contributed by atoms with Crippen molar-refractivity contribution in [2.75, 3.05) is 24.2 Å². The van der Waals surface area contributed by atoms with Crippen molar-refractivity contribution < 1.29 is 8.42 Å². The lowest BCUT2D eigenvalue weighted by Crippen LogP contribution is -2.25. The van der Waals surface area contributed by atoms with Gasteiger partial charge in [0.15, 0.2) is 9.84 Å². The Morgan fingerprint density at radius 1 is 1.35 bits per heavy atom. The summed E-state index contributed by atoms with van der Waals surface area (Å²) in [4.78, 5) is 2.69. The van der Waals surface area contributed by atoms with Gasteiger partial charge in [-0.15, -0.1) is 0 Å². The summed E-state index contributed by atoms with van der Waals surface area (Å²) in [6.07, 6.45) is 0. The summed E-state index contributed by atoms with van der Waals surface area (Å²) >= 11 is 3.47. The quantitative estimate of drug-likeness (QED) is 0.783. The molecule has 1 aromatic rings. The lowest BCUT2D eigenvalue weighted by molar-refractivity contribution is 0.597. The fourth-order valence-electron chi connectivity index (χ4n) is 1.67. The fraction of sp³-hybridized carbons (Fsp3) is 0.500. The molecule has 0 saturated heterocycles. The predicted octanol–water partition coefficient (Wildman–Crippen LogP) is 2.70. The average Bonchev–Trinajstić information content (AvgIpc) is 2.28. The molecule has 5 heteroatoms. The molecule has 0 spiro atoms. The van der Waals surface area contributed by atoms with Crippen LogP contribution in [0.3, 0.4) is 0 Å². The first-order valence-corrected chi connectivity index (χ1v) is 8.12. The van der Waals surface area contributed by atoms with Crippen LogP contribution >= 0.6 is 15.9 Å². The molecule has 0 N–H and O–H groups in total. The van der Waals surface area contributed by atoms with Crippen LogP contribution in [0.4, 0.5) is 5.69 Å². The number of para-hydroxylation sites is 1. The monoisotopic (exact) mass is 319 g/mol. The van der Waals surface area contributed by atoms with Gasteiger partial charge in [-0.3, -0.25) is 0 Å². The number of anilines is 1. The predicted molar refractivity (Wildman–Crippen MR) is 75.8 cm³/mol. The number of benzene rings is 1. The van der Waals surface area contributed by atoms with E-state index in [0.717, 1.165) is 12.2 Å². The van der Waals surface area contributed by atoms with Crippen molar-refractivity contribution in [3.63, 3.8) is 0 Å². The maximum absolute atomic E-state index is 12.0. The Labute approximate surface area is 112 Å². The van der Waals surface area contributed by atoms with Gasteiger partial charge in [0.05, 0.1) is 16.3 Å². The number of sulfone groups is 1. The van der Waals surface area contributed by atoms with Crippen molar-refractivity contribution in [3.05, 3.63) is 24.3 Å². The van der Waals surface area contributed by atoms with Crippen molar-refractivity contribution >= 4 is 31.5 Å². The van der Waals surface area contributed by atoms with Crippen molar-refractivity contribution in [1.29, 1.82) is 0 Å². The van der Waals surface area contributed by atoms with Crippen LogP contribution < -0.4 is 4.90 Å². The Morgan fingerprint density at radius 2 is 1.94 bits per heavy atom. The van der Waals surface area contributed by atoms with Gasteiger partial charge < -0.3 is 4.90 Å². The number of nitrogens with zero attached hydrogens (tertiary/aromatic N) is 1. The van der Waals surface area contributed by atoms with Crippen molar-refractivity contribution in [1.82, 2.24) is 0 Å². The van der Waals surface area contributed by atoms with Crippen LogP contribution in [0.15, 0.2) is 29.2 Å². The fourth-order valence-corrected chi connectivity index (χ4v) is 3.24. The van der Waals surface area contributed by atoms with Gasteiger partial charge in [-0.2, -0.15) is 0 Å². The summed E-state index contributed by atoms with van der Waals surface area (Å²) in [5.41, 5.74) is 0.764. The SMILES string of the molecule is CCS(=O)(=O)c1ccccc1N(C)CC(C)Br. The van der Waals surface area contributed by atoms with E-state index in [-0.39, 0.29) is 5.75 Å². The molecule has 0 aliphatic heterocycles. The van der Waals surface area contributed by atoms with E-state index in [2.05, 4.69) is 15.9 Å². The molecule has 1 rings (SSSR count). The third kappa shape index (κ3) is 3.71. The van der Waals surface area contributed by atoms with Crippen LogP contribution in [0.2, 0.25) is 0 Å². The van der Waals surface area contributed by atoms with Crippen LogP contribution in [-0.2, 0) is 9.84 Å². The second kappa shape index (κ2) is 5.87. The van der Waals surface area contributed by atoms with Crippen molar-refractivity contribution in [2.45, 2.75) is 23.6 Å². The van der Waals surface area contributed by atoms with E-state index in [1.165, 1.54) is 0 Å². The van der Waals surface area contributed by atoms with Gasteiger partial charge >= 0.3 is 0 Å². The first kappa shape index (κ1) is 14.5. The molecule has 0 saturated carbocycles. The highest BCUT2D eigenvalue weighted by atomic mass is 79.9. The first-order valence-electron chi connectivity index (χ1n) is 5.55. The molecule has 0 aromatic heterocycles. The minimum atomic E-state index is -3.17. The Morgan fingerprint density at radius 3 is 2.47 bits per heavy atom. The summed E-state index contributed by atoms with van der Waals surface area (Å²) in [7, 11) is -1.26. The number of hydrogen-bond acceptors (Lipinski definition) is 3. The molecule has 0 aliphatic rings. The van der Waals surface area contributed by atoms with Gasteiger partial charge in [-0.25, -0.2) is 8.42 Å². The highest BCUT2D eigenvalue weighted by Crippen LogP contribution is 2.25. The summed E-state index contributed by atoms with van der Waals surface area (Å²) in [5.74, 6) is 0.127. The Kier molecular flexibility index (Phi) is 5.01. The lowest BCUT2D eigenvalue weighted by atomic mass is 10.3. The number of hydrogen-bond donors (Lipinski definition) is 0. The van der Waals surface area contributed by atoms with E-state index >= 15 is 0 Å². The molecule has 0 amide bonds. The molecular formula is C12H18BrNO2S. The number of rotatable bonds is 5. The maximum Gasteiger partial charge on any atom is 0.180 e. The van der Waals surface area contributed by atoms with Crippen LogP contribution in [-0.4, -0.2) is 32.6 Å². The van der Waals surface area contributed by atoms with Gasteiger partial charge in [0.1, 0.15) is 0 Å². The molecule has 0 bridgehead atoms. The Bertz CT molecular complexity index is 471. The Hall–Kier alpha value is -0.550. The van der Waals surface area contributed by atoms with E-state index < -0.39 is 9.84 Å². The molecule has 96 valence electrons. The Balaban J connectivity index is 3.17. The zero-order valence-electron chi connectivity index (χ0n) is 10.4. The molecule has 0 aliphatic carbocycles. The molecule has 1 unspecified atom stereocenters. The zero-order valence-corrected chi connectivity index (χ0v) is 12.8. The van der Waals surface area contributed by atoms with E-state index in [4.69, 9.17) is 0 Å². The molecular weight excluding hydrogens is 302 g/mol. The largest absolute Gasteiger partial charge is 0.372 e. The maximum atomic E-state index is 12.0. The van der Waals surface area contributed by atoms with Crippen LogP contribution in [0, 0.1) is 0 Å². The third-order valence-electron chi connectivity index (χ3n) is 2.52. The van der Waals surface area contributed by atoms with Gasteiger partial charge in [0.25, 0.3) is 0 Å². The molecule has 0 fully saturated rings. The topological polar surface area (TPSA) is 37.4 Å². The van der Waals surface area contributed by atoms with Crippen LogP contribution in [0.5, 0.6) is 0 Å². The normalized spacial score (nSPS) is 13.4. The summed E-state index contributed by atoms with van der Waals surface area (Å²) in [6.45, 7) is 4.46. The van der Waals surface area contributed by atoms with Gasteiger partial charge in [-0.1, -0.05) is 41.9 Å². The van der Waals surface area contributed by atoms with Gasteiger partial charge in [0, 0.05) is 18.4 Å². The summed E-state index contributed by atoms with van der Waals surface area (Å²) < 4.78 is 23.9. The van der Waals surface area contributed by atoms with E-state index in [9.17, 15) is 8.42 Å². The molecule has 1 aromatic carbocycles. The van der Waals surface area contributed by atoms with E-state index in [1.54, 1.807) is 19.1 Å². The summed E-state index contributed by atoms with van der Waals surface area (Å²) in [5, 5.41) is 0. The average molecular weight is 320 g/mol. The summed E-state index contributed by atoms with van der Waals surface area (Å²) in [6, 6.07) is 7.14. The second-order valence-electron chi connectivity index (χ2n) is 4.03.